The largest absolute Gasteiger partial charge is 0.486 e. The lowest BCUT2D eigenvalue weighted by atomic mass is 10.2. The Kier molecular flexibility index (Phi) is 4.17. The van der Waals surface area contributed by atoms with E-state index in [2.05, 4.69) is 0 Å². The van der Waals surface area contributed by atoms with Crippen molar-refractivity contribution in [2.24, 2.45) is 5.73 Å². The fraction of sp³-hybridized carbons (Fsp3) is 0.231. The Bertz CT molecular complexity index is 532. The van der Waals surface area contributed by atoms with E-state index in [1.54, 1.807) is 18.2 Å². The quantitative estimate of drug-likeness (QED) is 0.926. The molecule has 0 bridgehead atoms. The number of halogens is 2. The van der Waals surface area contributed by atoms with Crippen molar-refractivity contribution in [1.82, 2.24) is 0 Å². The standard InChI is InChI=1S/C13H13Cl2NO2/c1-8-2-12(18-13(8)6-16)7-17-11-4-9(14)3-10(15)5-11/h2-5H,6-7,16H2,1H3. The normalized spacial score (nSPS) is 10.7. The summed E-state index contributed by atoms with van der Waals surface area (Å²) < 4.78 is 11.1. The Morgan fingerprint density at radius 1 is 1.17 bits per heavy atom. The molecule has 2 aromatic rings. The van der Waals surface area contributed by atoms with Gasteiger partial charge >= 0.3 is 0 Å². The van der Waals surface area contributed by atoms with Crippen LogP contribution in [0.2, 0.25) is 10.0 Å². The molecule has 1 aromatic carbocycles. The van der Waals surface area contributed by atoms with Gasteiger partial charge in [0.1, 0.15) is 23.9 Å². The van der Waals surface area contributed by atoms with E-state index in [1.165, 1.54) is 0 Å². The van der Waals surface area contributed by atoms with Gasteiger partial charge in [-0.2, -0.15) is 0 Å². The second-order valence-electron chi connectivity index (χ2n) is 3.92. The van der Waals surface area contributed by atoms with Crippen LogP contribution in [-0.2, 0) is 13.2 Å². The van der Waals surface area contributed by atoms with Crippen molar-refractivity contribution in [2.45, 2.75) is 20.1 Å². The highest BCUT2D eigenvalue weighted by Crippen LogP contribution is 2.25. The molecular weight excluding hydrogens is 273 g/mol. The van der Waals surface area contributed by atoms with Gasteiger partial charge < -0.3 is 14.9 Å². The number of aryl methyl sites for hydroxylation is 1. The Morgan fingerprint density at radius 3 is 2.39 bits per heavy atom. The SMILES string of the molecule is Cc1cc(COc2cc(Cl)cc(Cl)c2)oc1CN. The van der Waals surface area contributed by atoms with Gasteiger partial charge in [-0.1, -0.05) is 23.2 Å². The molecular formula is C13H13Cl2NO2. The molecule has 0 aliphatic carbocycles. The lowest BCUT2D eigenvalue weighted by Crippen LogP contribution is -1.96. The van der Waals surface area contributed by atoms with Crippen LogP contribution in [0.4, 0.5) is 0 Å². The Morgan fingerprint density at radius 2 is 1.83 bits per heavy atom. The highest BCUT2D eigenvalue weighted by atomic mass is 35.5. The van der Waals surface area contributed by atoms with Gasteiger partial charge in [0.2, 0.25) is 0 Å². The van der Waals surface area contributed by atoms with Crippen molar-refractivity contribution in [3.05, 3.63) is 51.4 Å². The van der Waals surface area contributed by atoms with E-state index < -0.39 is 0 Å². The molecule has 3 nitrogen and oxygen atoms in total. The molecule has 0 spiro atoms. The lowest BCUT2D eigenvalue weighted by molar-refractivity contribution is 0.266. The average molecular weight is 286 g/mol. The second-order valence-corrected chi connectivity index (χ2v) is 4.79. The maximum absolute atomic E-state index is 5.88. The fourth-order valence-electron chi connectivity index (χ4n) is 1.63. The van der Waals surface area contributed by atoms with Crippen molar-refractivity contribution in [2.75, 3.05) is 0 Å². The molecule has 0 radical (unpaired) electrons. The monoisotopic (exact) mass is 285 g/mol. The molecule has 2 rings (SSSR count). The lowest BCUT2D eigenvalue weighted by Gasteiger charge is -2.05. The van der Waals surface area contributed by atoms with E-state index in [4.69, 9.17) is 38.1 Å². The molecule has 1 heterocycles. The molecule has 0 saturated carbocycles. The third-order valence-electron chi connectivity index (χ3n) is 2.47. The number of benzene rings is 1. The van der Waals surface area contributed by atoms with Crippen LogP contribution in [0.25, 0.3) is 0 Å². The average Bonchev–Trinajstić information content (AvgIpc) is 2.66. The number of furan rings is 1. The van der Waals surface area contributed by atoms with Gasteiger partial charge in [-0.05, 0) is 36.8 Å². The predicted molar refractivity (Wildman–Crippen MR) is 72.1 cm³/mol. The molecule has 0 aliphatic rings. The zero-order valence-corrected chi connectivity index (χ0v) is 11.4. The van der Waals surface area contributed by atoms with Gasteiger partial charge in [0, 0.05) is 10.0 Å². The van der Waals surface area contributed by atoms with E-state index in [0.717, 1.165) is 17.1 Å². The van der Waals surface area contributed by atoms with Crippen LogP contribution in [0.5, 0.6) is 5.75 Å². The van der Waals surface area contributed by atoms with E-state index in [-0.39, 0.29) is 0 Å². The molecule has 0 unspecified atom stereocenters. The maximum Gasteiger partial charge on any atom is 0.146 e. The van der Waals surface area contributed by atoms with Crippen molar-refractivity contribution in [3.8, 4) is 5.75 Å². The zero-order valence-electron chi connectivity index (χ0n) is 9.87. The number of hydrogen-bond acceptors (Lipinski definition) is 3. The smallest absolute Gasteiger partial charge is 0.146 e. The highest BCUT2D eigenvalue weighted by molar-refractivity contribution is 6.34. The van der Waals surface area contributed by atoms with Crippen LogP contribution in [0.3, 0.4) is 0 Å². The third kappa shape index (κ3) is 3.19. The molecule has 0 aliphatic heterocycles. The van der Waals surface area contributed by atoms with Gasteiger partial charge in [-0.15, -0.1) is 0 Å². The zero-order chi connectivity index (χ0) is 13.1. The second kappa shape index (κ2) is 5.65. The summed E-state index contributed by atoms with van der Waals surface area (Å²) >= 11 is 11.8. The number of nitrogens with two attached hydrogens (primary N) is 1. The molecule has 0 atom stereocenters. The summed E-state index contributed by atoms with van der Waals surface area (Å²) in [5, 5.41) is 1.08. The van der Waals surface area contributed by atoms with E-state index in [1.807, 2.05) is 13.0 Å². The van der Waals surface area contributed by atoms with Gasteiger partial charge in [0.25, 0.3) is 0 Å². The van der Waals surface area contributed by atoms with E-state index in [0.29, 0.717) is 28.9 Å². The van der Waals surface area contributed by atoms with Gasteiger partial charge in [0.05, 0.1) is 6.54 Å². The topological polar surface area (TPSA) is 48.4 Å². The molecule has 2 N–H and O–H groups in total. The summed E-state index contributed by atoms with van der Waals surface area (Å²) in [5.41, 5.74) is 6.57. The predicted octanol–water partition coefficient (Wildman–Crippen LogP) is 3.93. The number of hydrogen-bond donors (Lipinski definition) is 1. The summed E-state index contributed by atoms with van der Waals surface area (Å²) in [4.78, 5) is 0. The Balaban J connectivity index is 2.06. The van der Waals surface area contributed by atoms with Crippen LogP contribution < -0.4 is 10.5 Å². The minimum Gasteiger partial charge on any atom is -0.486 e. The van der Waals surface area contributed by atoms with Gasteiger partial charge in [-0.3, -0.25) is 0 Å². The molecule has 1 aromatic heterocycles. The van der Waals surface area contributed by atoms with Crippen LogP contribution in [-0.4, -0.2) is 0 Å². The number of ether oxygens (including phenoxy) is 1. The summed E-state index contributed by atoms with van der Waals surface area (Å²) in [6, 6.07) is 6.97. The summed E-state index contributed by atoms with van der Waals surface area (Å²) in [5.74, 6) is 2.11. The van der Waals surface area contributed by atoms with Crippen molar-refractivity contribution in [3.63, 3.8) is 0 Å². The first-order chi connectivity index (χ1) is 8.58. The molecule has 0 fully saturated rings. The summed E-state index contributed by atoms with van der Waals surface area (Å²) in [7, 11) is 0. The molecule has 5 heteroatoms. The minimum absolute atomic E-state index is 0.317. The number of rotatable bonds is 4. The van der Waals surface area contributed by atoms with E-state index in [9.17, 15) is 0 Å². The minimum atomic E-state index is 0.317. The Hall–Kier alpha value is -1.16. The van der Waals surface area contributed by atoms with Crippen molar-refractivity contribution in [1.29, 1.82) is 0 Å². The van der Waals surface area contributed by atoms with Gasteiger partial charge in [0.15, 0.2) is 0 Å². The highest BCUT2D eigenvalue weighted by Gasteiger charge is 2.07. The maximum atomic E-state index is 5.88. The van der Waals surface area contributed by atoms with Crippen LogP contribution in [0.15, 0.2) is 28.7 Å². The van der Waals surface area contributed by atoms with Gasteiger partial charge in [-0.25, -0.2) is 0 Å². The first-order valence-corrected chi connectivity index (χ1v) is 6.21. The van der Waals surface area contributed by atoms with Crippen LogP contribution in [0, 0.1) is 6.92 Å². The van der Waals surface area contributed by atoms with Crippen molar-refractivity contribution >= 4 is 23.2 Å². The molecule has 0 saturated heterocycles. The Labute approximate surface area is 115 Å². The summed E-state index contributed by atoms with van der Waals surface area (Å²) in [6.07, 6.45) is 0. The van der Waals surface area contributed by atoms with Crippen LogP contribution in [0.1, 0.15) is 17.1 Å². The van der Waals surface area contributed by atoms with Crippen molar-refractivity contribution < 1.29 is 9.15 Å². The molecule has 0 amide bonds. The molecule has 18 heavy (non-hydrogen) atoms. The van der Waals surface area contributed by atoms with E-state index >= 15 is 0 Å². The molecule has 96 valence electrons. The first kappa shape index (κ1) is 13.3. The first-order valence-electron chi connectivity index (χ1n) is 5.45. The third-order valence-corrected chi connectivity index (χ3v) is 2.91. The fourth-order valence-corrected chi connectivity index (χ4v) is 2.14. The van der Waals surface area contributed by atoms with Crippen LogP contribution >= 0.6 is 23.2 Å². The summed E-state index contributed by atoms with van der Waals surface area (Å²) in [6.45, 7) is 2.65.